The van der Waals surface area contributed by atoms with Crippen LogP contribution in [-0.2, 0) is 4.74 Å². The van der Waals surface area contributed by atoms with E-state index < -0.39 is 0 Å². The number of hydrogen-bond acceptors (Lipinski definition) is 6. The largest absolute Gasteiger partial charge is 0.369 e. The first-order chi connectivity index (χ1) is 10.7. The van der Waals surface area contributed by atoms with Crippen LogP contribution in [0.25, 0.3) is 10.2 Å². The Hall–Kier alpha value is -1.50. The first kappa shape index (κ1) is 14.1. The highest BCUT2D eigenvalue weighted by Crippen LogP contribution is 2.34. The van der Waals surface area contributed by atoms with E-state index in [9.17, 15) is 0 Å². The first-order valence-electron chi connectivity index (χ1n) is 7.35. The van der Waals surface area contributed by atoms with E-state index in [-0.39, 0.29) is 6.10 Å². The van der Waals surface area contributed by atoms with Gasteiger partial charge in [0.1, 0.15) is 22.6 Å². The number of aromatic nitrogens is 2. The third kappa shape index (κ3) is 2.41. The summed E-state index contributed by atoms with van der Waals surface area (Å²) in [7, 11) is 0. The second kappa shape index (κ2) is 5.61. The molecule has 0 bridgehead atoms. The summed E-state index contributed by atoms with van der Waals surface area (Å²) in [6.07, 6.45) is 0.137. The predicted octanol–water partition coefficient (Wildman–Crippen LogP) is 3.95. The average Bonchev–Trinajstić information content (AvgIpc) is 3.17. The molecule has 0 amide bonds. The molecule has 4 rings (SSSR count). The molecule has 1 aliphatic heterocycles. The Kier molecular flexibility index (Phi) is 3.60. The fraction of sp³-hybridized carbons (Fsp3) is 0.375. The van der Waals surface area contributed by atoms with Gasteiger partial charge in [0.2, 0.25) is 0 Å². The van der Waals surface area contributed by atoms with Crippen LogP contribution in [0, 0.1) is 13.8 Å². The first-order valence-corrected chi connectivity index (χ1v) is 9.10. The maximum absolute atomic E-state index is 5.96. The molecular weight excluding hydrogens is 314 g/mol. The van der Waals surface area contributed by atoms with Crippen LogP contribution in [-0.4, -0.2) is 29.7 Å². The quantitative estimate of drug-likeness (QED) is 0.713. The van der Waals surface area contributed by atoms with Crippen LogP contribution in [0.3, 0.4) is 0 Å². The van der Waals surface area contributed by atoms with E-state index in [0.29, 0.717) is 0 Å². The Morgan fingerprint density at radius 2 is 2.18 bits per heavy atom. The van der Waals surface area contributed by atoms with Gasteiger partial charge in [0.05, 0.1) is 18.5 Å². The number of fused-ring (bicyclic) bond motifs is 1. The van der Waals surface area contributed by atoms with Crippen molar-refractivity contribution in [1.29, 1.82) is 0 Å². The molecule has 0 saturated carbocycles. The third-order valence-electron chi connectivity index (χ3n) is 3.94. The molecule has 1 aliphatic rings. The minimum Gasteiger partial charge on any atom is -0.369 e. The lowest BCUT2D eigenvalue weighted by Gasteiger charge is -2.33. The lowest BCUT2D eigenvalue weighted by Crippen LogP contribution is -2.38. The number of morpholine rings is 1. The van der Waals surface area contributed by atoms with Crippen LogP contribution >= 0.6 is 22.7 Å². The molecule has 0 N–H and O–H groups in total. The predicted molar refractivity (Wildman–Crippen MR) is 92.1 cm³/mol. The molecule has 114 valence electrons. The Bertz CT molecular complexity index is 797. The lowest BCUT2D eigenvalue weighted by molar-refractivity contribution is 0.0419. The second-order valence-electron chi connectivity index (χ2n) is 5.51. The number of aryl methyl sites for hydroxylation is 2. The highest BCUT2D eigenvalue weighted by Gasteiger charge is 2.26. The normalized spacial score (nSPS) is 19.0. The van der Waals surface area contributed by atoms with Crippen LogP contribution in [0.5, 0.6) is 0 Å². The van der Waals surface area contributed by atoms with E-state index in [2.05, 4.69) is 39.7 Å². The Morgan fingerprint density at radius 3 is 3.00 bits per heavy atom. The standard InChI is InChI=1S/C16H17N3OS2/c1-10-9-22-16-14(10)15(17-11(2)18-16)19-5-6-20-12(8-19)13-4-3-7-21-13/h3-4,7,9,12H,5-6,8H2,1-2H3. The third-order valence-corrected chi connectivity index (χ3v) is 5.89. The van der Waals surface area contributed by atoms with Crippen molar-refractivity contribution in [3.63, 3.8) is 0 Å². The van der Waals surface area contributed by atoms with Crippen molar-refractivity contribution < 1.29 is 4.74 Å². The molecule has 3 aromatic heterocycles. The van der Waals surface area contributed by atoms with Crippen LogP contribution < -0.4 is 4.90 Å². The summed E-state index contributed by atoms with van der Waals surface area (Å²) in [4.78, 5) is 14.0. The summed E-state index contributed by atoms with van der Waals surface area (Å²) in [6.45, 7) is 6.56. The molecule has 4 nitrogen and oxygen atoms in total. The highest BCUT2D eigenvalue weighted by molar-refractivity contribution is 7.17. The van der Waals surface area contributed by atoms with Crippen molar-refractivity contribution >= 4 is 38.7 Å². The van der Waals surface area contributed by atoms with Gasteiger partial charge in [0.25, 0.3) is 0 Å². The Morgan fingerprint density at radius 1 is 1.27 bits per heavy atom. The van der Waals surface area contributed by atoms with Gasteiger partial charge in [-0.2, -0.15) is 0 Å². The Labute approximate surface area is 137 Å². The van der Waals surface area contributed by atoms with Crippen molar-refractivity contribution in [2.45, 2.75) is 20.0 Å². The lowest BCUT2D eigenvalue weighted by atomic mass is 10.2. The van der Waals surface area contributed by atoms with Crippen LogP contribution in [0.1, 0.15) is 22.4 Å². The van der Waals surface area contributed by atoms with Gasteiger partial charge in [0, 0.05) is 11.4 Å². The van der Waals surface area contributed by atoms with Crippen LogP contribution in [0.15, 0.2) is 22.9 Å². The van der Waals surface area contributed by atoms with E-state index in [1.165, 1.54) is 15.8 Å². The maximum atomic E-state index is 5.96. The SMILES string of the molecule is Cc1nc(N2CCOC(c3cccs3)C2)c2c(C)csc2n1. The number of thiophene rings is 2. The van der Waals surface area contributed by atoms with E-state index in [0.717, 1.165) is 36.2 Å². The zero-order valence-corrected chi connectivity index (χ0v) is 14.2. The molecule has 0 aliphatic carbocycles. The molecule has 1 saturated heterocycles. The van der Waals surface area contributed by atoms with Crippen LogP contribution in [0.4, 0.5) is 5.82 Å². The maximum Gasteiger partial charge on any atom is 0.141 e. The summed E-state index contributed by atoms with van der Waals surface area (Å²) >= 11 is 3.45. The smallest absolute Gasteiger partial charge is 0.141 e. The van der Waals surface area contributed by atoms with Gasteiger partial charge in [-0.1, -0.05) is 6.07 Å². The fourth-order valence-corrected chi connectivity index (χ4v) is 4.61. The molecule has 1 unspecified atom stereocenters. The topological polar surface area (TPSA) is 38.2 Å². The Balaban J connectivity index is 1.73. The van der Waals surface area contributed by atoms with Gasteiger partial charge in [-0.3, -0.25) is 0 Å². The van der Waals surface area contributed by atoms with E-state index in [1.807, 2.05) is 6.92 Å². The number of anilines is 1. The summed E-state index contributed by atoms with van der Waals surface area (Å²) in [5, 5.41) is 5.47. The van der Waals surface area contributed by atoms with Crippen molar-refractivity contribution in [2.75, 3.05) is 24.6 Å². The monoisotopic (exact) mass is 331 g/mol. The van der Waals surface area contributed by atoms with Gasteiger partial charge in [-0.15, -0.1) is 22.7 Å². The van der Waals surface area contributed by atoms with Crippen molar-refractivity contribution in [1.82, 2.24) is 9.97 Å². The number of hydrogen-bond donors (Lipinski definition) is 0. The molecular formula is C16H17N3OS2. The zero-order valence-electron chi connectivity index (χ0n) is 12.6. The van der Waals surface area contributed by atoms with Gasteiger partial charge in [-0.25, -0.2) is 9.97 Å². The highest BCUT2D eigenvalue weighted by atomic mass is 32.1. The number of ether oxygens (including phenoxy) is 1. The van der Waals surface area contributed by atoms with E-state index in [1.54, 1.807) is 22.7 Å². The molecule has 1 fully saturated rings. The second-order valence-corrected chi connectivity index (χ2v) is 7.35. The summed E-state index contributed by atoms with van der Waals surface area (Å²) in [5.41, 5.74) is 1.26. The summed E-state index contributed by atoms with van der Waals surface area (Å²) in [6, 6.07) is 4.23. The van der Waals surface area contributed by atoms with Crippen molar-refractivity contribution in [3.05, 3.63) is 39.2 Å². The van der Waals surface area contributed by atoms with Crippen LogP contribution in [0.2, 0.25) is 0 Å². The van der Waals surface area contributed by atoms with Crippen molar-refractivity contribution in [3.8, 4) is 0 Å². The molecule has 0 radical (unpaired) electrons. The molecule has 1 atom stereocenters. The minimum absolute atomic E-state index is 0.137. The van der Waals surface area contributed by atoms with Gasteiger partial charge in [-0.05, 0) is 36.2 Å². The molecule has 6 heteroatoms. The van der Waals surface area contributed by atoms with Crippen molar-refractivity contribution in [2.24, 2.45) is 0 Å². The van der Waals surface area contributed by atoms with E-state index >= 15 is 0 Å². The number of nitrogens with zero attached hydrogens (tertiary/aromatic N) is 3. The van der Waals surface area contributed by atoms with Gasteiger partial charge >= 0.3 is 0 Å². The number of rotatable bonds is 2. The molecule has 3 aromatic rings. The van der Waals surface area contributed by atoms with Gasteiger partial charge in [0.15, 0.2) is 0 Å². The van der Waals surface area contributed by atoms with E-state index in [4.69, 9.17) is 9.72 Å². The molecule has 22 heavy (non-hydrogen) atoms. The molecule has 0 aromatic carbocycles. The minimum atomic E-state index is 0.137. The fourth-order valence-electron chi connectivity index (χ4n) is 2.88. The summed E-state index contributed by atoms with van der Waals surface area (Å²) < 4.78 is 5.96. The van der Waals surface area contributed by atoms with Gasteiger partial charge < -0.3 is 9.64 Å². The zero-order chi connectivity index (χ0) is 15.1. The molecule has 4 heterocycles. The average molecular weight is 331 g/mol. The summed E-state index contributed by atoms with van der Waals surface area (Å²) in [5.74, 6) is 1.90. The molecule has 0 spiro atoms.